The van der Waals surface area contributed by atoms with Gasteiger partial charge in [-0.25, -0.2) is 0 Å². The van der Waals surface area contributed by atoms with E-state index in [9.17, 15) is 0 Å². The summed E-state index contributed by atoms with van der Waals surface area (Å²) >= 11 is 7.38. The summed E-state index contributed by atoms with van der Waals surface area (Å²) in [5, 5.41) is 5.94. The average molecular weight is 269 g/mol. The number of fused-ring (bicyclic) bond motifs is 1. The quantitative estimate of drug-likeness (QED) is 0.815. The Labute approximate surface area is 111 Å². The summed E-state index contributed by atoms with van der Waals surface area (Å²) in [7, 11) is 0. The number of hydrogen-bond donors (Lipinski definition) is 1. The van der Waals surface area contributed by atoms with Crippen LogP contribution >= 0.6 is 23.1 Å². The number of rotatable bonds is 5. The molecule has 1 unspecified atom stereocenters. The van der Waals surface area contributed by atoms with Crippen LogP contribution in [0, 0.1) is 5.92 Å². The Morgan fingerprint density at radius 2 is 2.12 bits per heavy atom. The van der Waals surface area contributed by atoms with Crippen LogP contribution in [0.5, 0.6) is 0 Å². The summed E-state index contributed by atoms with van der Waals surface area (Å²) in [4.78, 5) is 0. The van der Waals surface area contributed by atoms with Crippen molar-refractivity contribution in [2.24, 2.45) is 5.92 Å². The summed E-state index contributed by atoms with van der Waals surface area (Å²) in [6, 6.07) is 8.64. The van der Waals surface area contributed by atoms with E-state index in [1.54, 1.807) is 0 Å². The smallest absolute Gasteiger partial charge is 0.117 e. The van der Waals surface area contributed by atoms with Crippen molar-refractivity contribution in [3.8, 4) is 0 Å². The van der Waals surface area contributed by atoms with Crippen LogP contribution in [-0.4, -0.2) is 16.3 Å². The molecule has 2 aromatic rings. The number of benzene rings is 1. The van der Waals surface area contributed by atoms with Crippen molar-refractivity contribution >= 4 is 39.0 Å². The number of halogens is 1. The zero-order valence-electron chi connectivity index (χ0n) is 10.1. The van der Waals surface area contributed by atoms with Crippen molar-refractivity contribution in [2.75, 3.05) is 11.2 Å². The molecule has 17 heavy (non-hydrogen) atoms. The molecular weight excluding hydrogens is 252 g/mol. The van der Waals surface area contributed by atoms with Crippen LogP contribution < -0.4 is 5.32 Å². The second kappa shape index (κ2) is 5.69. The van der Waals surface area contributed by atoms with Gasteiger partial charge in [-0.1, -0.05) is 26.0 Å². The van der Waals surface area contributed by atoms with Gasteiger partial charge >= 0.3 is 0 Å². The average Bonchev–Trinajstić information content (AvgIpc) is 2.72. The minimum atomic E-state index is 0.413. The number of nitrogens with zero attached hydrogens (tertiary/aromatic N) is 1. The molecule has 4 heteroatoms. The summed E-state index contributed by atoms with van der Waals surface area (Å²) in [5.74, 6) is 1.25. The van der Waals surface area contributed by atoms with E-state index in [1.165, 1.54) is 16.9 Å². The van der Waals surface area contributed by atoms with E-state index in [1.807, 2.05) is 18.2 Å². The molecule has 0 aliphatic carbocycles. The molecule has 0 spiro atoms. The van der Waals surface area contributed by atoms with Crippen LogP contribution in [0.15, 0.2) is 24.3 Å². The van der Waals surface area contributed by atoms with Crippen molar-refractivity contribution in [3.63, 3.8) is 0 Å². The van der Waals surface area contributed by atoms with Crippen LogP contribution in [0.4, 0.5) is 5.00 Å². The first-order chi connectivity index (χ1) is 8.22. The van der Waals surface area contributed by atoms with Gasteiger partial charge in [-0.2, -0.15) is 4.37 Å². The van der Waals surface area contributed by atoms with E-state index in [2.05, 4.69) is 29.6 Å². The topological polar surface area (TPSA) is 24.9 Å². The van der Waals surface area contributed by atoms with Crippen LogP contribution in [0.2, 0.25) is 0 Å². The number of alkyl halides is 1. The van der Waals surface area contributed by atoms with Crippen molar-refractivity contribution in [1.29, 1.82) is 0 Å². The fraction of sp³-hybridized carbons (Fsp3) is 0.462. The van der Waals surface area contributed by atoms with Gasteiger partial charge in [0.15, 0.2) is 0 Å². The maximum Gasteiger partial charge on any atom is 0.117 e. The molecule has 2 rings (SSSR count). The van der Waals surface area contributed by atoms with Crippen LogP contribution in [-0.2, 0) is 0 Å². The summed E-state index contributed by atoms with van der Waals surface area (Å²) in [6.45, 7) is 4.43. The molecular formula is C13H17ClN2S. The Bertz CT molecular complexity index is 481. The Balaban J connectivity index is 2.22. The van der Waals surface area contributed by atoms with Gasteiger partial charge in [0.2, 0.25) is 0 Å². The largest absolute Gasteiger partial charge is 0.372 e. The molecule has 2 nitrogen and oxygen atoms in total. The summed E-state index contributed by atoms with van der Waals surface area (Å²) in [5.41, 5.74) is 1.06. The molecule has 1 atom stereocenters. The van der Waals surface area contributed by atoms with Gasteiger partial charge in [0.05, 0.1) is 5.52 Å². The molecule has 0 saturated carbocycles. The molecule has 0 radical (unpaired) electrons. The molecule has 0 aliphatic heterocycles. The Kier molecular flexibility index (Phi) is 4.24. The minimum absolute atomic E-state index is 0.413. The molecule has 92 valence electrons. The maximum atomic E-state index is 5.85. The van der Waals surface area contributed by atoms with Gasteiger partial charge in [-0.05, 0) is 36.0 Å². The van der Waals surface area contributed by atoms with Crippen LogP contribution in [0.3, 0.4) is 0 Å². The van der Waals surface area contributed by atoms with Crippen LogP contribution in [0.25, 0.3) is 10.9 Å². The third-order valence-electron chi connectivity index (χ3n) is 2.93. The zero-order valence-corrected chi connectivity index (χ0v) is 11.7. The zero-order chi connectivity index (χ0) is 12.3. The molecule has 1 heterocycles. The minimum Gasteiger partial charge on any atom is -0.372 e. The van der Waals surface area contributed by atoms with Gasteiger partial charge < -0.3 is 5.32 Å². The van der Waals surface area contributed by atoms with E-state index in [-0.39, 0.29) is 0 Å². The lowest BCUT2D eigenvalue weighted by molar-refractivity contribution is 0.514. The first kappa shape index (κ1) is 12.7. The molecule has 0 bridgehead atoms. The highest BCUT2D eigenvalue weighted by Gasteiger charge is 2.15. The number of hydrogen-bond acceptors (Lipinski definition) is 3. The van der Waals surface area contributed by atoms with Gasteiger partial charge in [0, 0.05) is 17.3 Å². The summed E-state index contributed by atoms with van der Waals surface area (Å²) in [6.07, 6.45) is 0.978. The van der Waals surface area contributed by atoms with E-state index >= 15 is 0 Å². The maximum absolute atomic E-state index is 5.85. The summed E-state index contributed by atoms with van der Waals surface area (Å²) < 4.78 is 4.44. The van der Waals surface area contributed by atoms with E-state index in [0.29, 0.717) is 17.8 Å². The lowest BCUT2D eigenvalue weighted by Crippen LogP contribution is -2.25. The van der Waals surface area contributed by atoms with Crippen molar-refractivity contribution in [3.05, 3.63) is 24.3 Å². The van der Waals surface area contributed by atoms with Gasteiger partial charge in [-0.15, -0.1) is 11.6 Å². The molecule has 1 N–H and O–H groups in total. The van der Waals surface area contributed by atoms with Crippen LogP contribution in [0.1, 0.15) is 20.3 Å². The fourth-order valence-electron chi connectivity index (χ4n) is 1.85. The highest BCUT2D eigenvalue weighted by molar-refractivity contribution is 7.11. The molecule has 1 aromatic carbocycles. The number of anilines is 1. The highest BCUT2D eigenvalue weighted by Crippen LogP contribution is 2.29. The lowest BCUT2D eigenvalue weighted by Gasteiger charge is -2.21. The first-order valence-corrected chi connectivity index (χ1v) is 7.20. The van der Waals surface area contributed by atoms with Gasteiger partial charge in [0.25, 0.3) is 0 Å². The predicted molar refractivity (Wildman–Crippen MR) is 77.2 cm³/mol. The highest BCUT2D eigenvalue weighted by atomic mass is 35.5. The first-order valence-electron chi connectivity index (χ1n) is 5.89. The number of aromatic nitrogens is 1. The Morgan fingerprint density at radius 1 is 1.35 bits per heavy atom. The molecule has 0 aliphatic rings. The second-order valence-electron chi connectivity index (χ2n) is 4.50. The Morgan fingerprint density at radius 3 is 2.82 bits per heavy atom. The van der Waals surface area contributed by atoms with Crippen molar-refractivity contribution in [1.82, 2.24) is 4.37 Å². The Hall–Kier alpha value is -0.800. The molecule has 0 amide bonds. The van der Waals surface area contributed by atoms with Crippen molar-refractivity contribution in [2.45, 2.75) is 26.3 Å². The molecule has 1 aromatic heterocycles. The fourth-order valence-corrected chi connectivity index (χ4v) is 2.91. The molecule has 0 fully saturated rings. The van der Waals surface area contributed by atoms with E-state index in [4.69, 9.17) is 11.6 Å². The third kappa shape index (κ3) is 2.90. The predicted octanol–water partition coefficient (Wildman–Crippen LogP) is 4.36. The van der Waals surface area contributed by atoms with Gasteiger partial charge in [-0.3, -0.25) is 0 Å². The third-order valence-corrected chi connectivity index (χ3v) is 3.95. The standard InChI is InChI=1S/C13H17ClN2S/c1-9(2)11(7-8-14)15-13-10-5-3-4-6-12(10)16-17-13/h3-6,9,11,15H,7-8H2,1-2H3. The van der Waals surface area contributed by atoms with Gasteiger partial charge in [0.1, 0.15) is 5.00 Å². The second-order valence-corrected chi connectivity index (χ2v) is 5.65. The monoisotopic (exact) mass is 268 g/mol. The molecule has 0 saturated heterocycles. The lowest BCUT2D eigenvalue weighted by atomic mass is 10.0. The van der Waals surface area contributed by atoms with E-state index in [0.717, 1.165) is 16.9 Å². The van der Waals surface area contributed by atoms with E-state index < -0.39 is 0 Å². The normalized spacial score (nSPS) is 13.2. The number of nitrogens with one attached hydrogen (secondary N) is 1. The van der Waals surface area contributed by atoms with Crippen molar-refractivity contribution < 1.29 is 0 Å². The SMILES string of the molecule is CC(C)C(CCCl)Nc1snc2ccccc12.